The van der Waals surface area contributed by atoms with Crippen LogP contribution in [0.15, 0.2) is 46.9 Å². The Bertz CT molecular complexity index is 824. The SMILES string of the molecule is COC(=O)Nc1ccc(OCc2nc3cccc(C)c3o2)cc1. The number of hydrogen-bond donors (Lipinski definition) is 1. The van der Waals surface area contributed by atoms with Crippen molar-refractivity contribution < 1.29 is 18.7 Å². The van der Waals surface area contributed by atoms with Crippen LogP contribution in [0.25, 0.3) is 11.1 Å². The van der Waals surface area contributed by atoms with Crippen LogP contribution in [0.3, 0.4) is 0 Å². The molecule has 0 bridgehead atoms. The van der Waals surface area contributed by atoms with Gasteiger partial charge in [0.2, 0.25) is 5.89 Å². The zero-order chi connectivity index (χ0) is 16.2. The third-order valence-electron chi connectivity index (χ3n) is 3.30. The number of rotatable bonds is 4. The first kappa shape index (κ1) is 14.9. The molecule has 0 saturated heterocycles. The molecule has 0 atom stereocenters. The van der Waals surface area contributed by atoms with E-state index >= 15 is 0 Å². The fourth-order valence-electron chi connectivity index (χ4n) is 2.14. The third kappa shape index (κ3) is 3.42. The van der Waals surface area contributed by atoms with E-state index in [2.05, 4.69) is 15.0 Å². The van der Waals surface area contributed by atoms with Gasteiger partial charge in [0.25, 0.3) is 0 Å². The van der Waals surface area contributed by atoms with E-state index in [-0.39, 0.29) is 6.61 Å². The maximum absolute atomic E-state index is 11.1. The van der Waals surface area contributed by atoms with Crippen LogP contribution < -0.4 is 10.1 Å². The van der Waals surface area contributed by atoms with Gasteiger partial charge in [-0.1, -0.05) is 12.1 Å². The lowest BCUT2D eigenvalue weighted by atomic mass is 10.2. The molecule has 3 rings (SSSR count). The molecule has 6 heteroatoms. The summed E-state index contributed by atoms with van der Waals surface area (Å²) in [6, 6.07) is 12.8. The Hall–Kier alpha value is -3.02. The maximum atomic E-state index is 11.1. The first-order valence-corrected chi connectivity index (χ1v) is 7.08. The van der Waals surface area contributed by atoms with Gasteiger partial charge in [0, 0.05) is 5.69 Å². The van der Waals surface area contributed by atoms with Gasteiger partial charge in [0.15, 0.2) is 12.2 Å². The first-order chi connectivity index (χ1) is 11.2. The van der Waals surface area contributed by atoms with Gasteiger partial charge >= 0.3 is 6.09 Å². The number of hydrogen-bond acceptors (Lipinski definition) is 5. The van der Waals surface area contributed by atoms with E-state index in [1.54, 1.807) is 24.3 Å². The van der Waals surface area contributed by atoms with E-state index in [1.807, 2.05) is 25.1 Å². The van der Waals surface area contributed by atoms with E-state index in [9.17, 15) is 4.79 Å². The molecule has 1 amide bonds. The van der Waals surface area contributed by atoms with E-state index in [0.717, 1.165) is 16.7 Å². The zero-order valence-electron chi connectivity index (χ0n) is 12.8. The van der Waals surface area contributed by atoms with Crippen molar-refractivity contribution in [3.05, 3.63) is 53.9 Å². The molecule has 6 nitrogen and oxygen atoms in total. The Morgan fingerprint density at radius 2 is 2.00 bits per heavy atom. The summed E-state index contributed by atoms with van der Waals surface area (Å²) in [5.41, 5.74) is 3.27. The summed E-state index contributed by atoms with van der Waals surface area (Å²) in [7, 11) is 1.31. The van der Waals surface area contributed by atoms with E-state index < -0.39 is 6.09 Å². The van der Waals surface area contributed by atoms with Crippen LogP contribution in [-0.2, 0) is 11.3 Å². The zero-order valence-corrected chi connectivity index (χ0v) is 12.8. The minimum Gasteiger partial charge on any atom is -0.484 e. The average Bonchev–Trinajstić information content (AvgIpc) is 2.99. The fourth-order valence-corrected chi connectivity index (χ4v) is 2.14. The molecule has 0 aliphatic rings. The summed E-state index contributed by atoms with van der Waals surface area (Å²) in [6.07, 6.45) is -0.513. The molecule has 1 aromatic heterocycles. The largest absolute Gasteiger partial charge is 0.484 e. The maximum Gasteiger partial charge on any atom is 0.411 e. The van der Waals surface area contributed by atoms with Gasteiger partial charge in [-0.25, -0.2) is 9.78 Å². The minimum absolute atomic E-state index is 0.234. The van der Waals surface area contributed by atoms with Crippen LogP contribution >= 0.6 is 0 Å². The molecule has 1 heterocycles. The lowest BCUT2D eigenvalue weighted by molar-refractivity contribution is 0.187. The van der Waals surface area contributed by atoms with Crippen LogP contribution in [0.1, 0.15) is 11.5 Å². The van der Waals surface area contributed by atoms with Crippen LogP contribution in [0.5, 0.6) is 5.75 Å². The molecule has 23 heavy (non-hydrogen) atoms. The standard InChI is InChI=1S/C17H16N2O4/c1-11-4-3-5-14-16(11)23-15(19-14)10-22-13-8-6-12(7-9-13)18-17(20)21-2/h3-9H,10H2,1-2H3,(H,18,20). The number of oxazole rings is 1. The molecule has 0 fully saturated rings. The number of aryl methyl sites for hydroxylation is 1. The van der Waals surface area contributed by atoms with E-state index in [4.69, 9.17) is 9.15 Å². The monoisotopic (exact) mass is 312 g/mol. The lowest BCUT2D eigenvalue weighted by Gasteiger charge is -2.06. The van der Waals surface area contributed by atoms with Gasteiger partial charge < -0.3 is 13.9 Å². The number of anilines is 1. The molecule has 3 aromatic rings. The molecule has 118 valence electrons. The first-order valence-electron chi connectivity index (χ1n) is 7.08. The Morgan fingerprint density at radius 1 is 1.22 bits per heavy atom. The Balaban J connectivity index is 1.65. The van der Waals surface area contributed by atoms with Gasteiger partial charge in [0.05, 0.1) is 7.11 Å². The molecule has 0 spiro atoms. The smallest absolute Gasteiger partial charge is 0.411 e. The molecule has 2 aromatic carbocycles. The predicted octanol–water partition coefficient (Wildman–Crippen LogP) is 3.89. The topological polar surface area (TPSA) is 73.6 Å². The minimum atomic E-state index is -0.513. The average molecular weight is 312 g/mol. The second-order valence-electron chi connectivity index (χ2n) is 4.96. The number of carbonyl (C=O) groups excluding carboxylic acids is 1. The predicted molar refractivity (Wildman–Crippen MR) is 85.5 cm³/mol. The molecule has 0 saturated carbocycles. The normalized spacial score (nSPS) is 10.5. The molecule has 0 aliphatic heterocycles. The summed E-state index contributed by atoms with van der Waals surface area (Å²) in [5.74, 6) is 1.17. The van der Waals surface area contributed by atoms with Crippen molar-refractivity contribution in [1.82, 2.24) is 4.98 Å². The number of methoxy groups -OCH3 is 1. The van der Waals surface area contributed by atoms with Crippen molar-refractivity contribution in [2.45, 2.75) is 13.5 Å². The lowest BCUT2D eigenvalue weighted by Crippen LogP contribution is -2.10. The number of ether oxygens (including phenoxy) is 2. The molecule has 1 N–H and O–H groups in total. The summed E-state index contributed by atoms with van der Waals surface area (Å²) in [5, 5.41) is 2.57. The van der Waals surface area contributed by atoms with Crippen molar-refractivity contribution in [2.75, 3.05) is 12.4 Å². The molecule has 0 unspecified atom stereocenters. The van der Waals surface area contributed by atoms with Crippen LogP contribution in [0.2, 0.25) is 0 Å². The summed E-state index contributed by atoms with van der Waals surface area (Å²) < 4.78 is 15.9. The third-order valence-corrected chi connectivity index (χ3v) is 3.30. The van der Waals surface area contributed by atoms with Gasteiger partial charge in [-0.15, -0.1) is 0 Å². The summed E-state index contributed by atoms with van der Waals surface area (Å²) in [6.45, 7) is 2.21. The highest BCUT2D eigenvalue weighted by Gasteiger charge is 2.08. The number of aromatic nitrogens is 1. The van der Waals surface area contributed by atoms with E-state index in [0.29, 0.717) is 17.3 Å². The molecular formula is C17H16N2O4. The number of nitrogens with one attached hydrogen (secondary N) is 1. The molecule has 0 aliphatic carbocycles. The van der Waals surface area contributed by atoms with Crippen molar-refractivity contribution in [1.29, 1.82) is 0 Å². The Labute approximate surface area is 133 Å². The van der Waals surface area contributed by atoms with Crippen LogP contribution in [-0.4, -0.2) is 18.2 Å². The van der Waals surface area contributed by atoms with Crippen molar-refractivity contribution in [2.24, 2.45) is 0 Å². The Morgan fingerprint density at radius 3 is 2.70 bits per heavy atom. The number of benzene rings is 2. The second kappa shape index (κ2) is 6.39. The molecular weight excluding hydrogens is 296 g/mol. The van der Waals surface area contributed by atoms with Gasteiger partial charge in [0.1, 0.15) is 11.3 Å². The number of amides is 1. The number of carbonyl (C=O) groups is 1. The van der Waals surface area contributed by atoms with Gasteiger partial charge in [-0.05, 0) is 42.8 Å². The van der Waals surface area contributed by atoms with E-state index in [1.165, 1.54) is 7.11 Å². The van der Waals surface area contributed by atoms with Gasteiger partial charge in [-0.3, -0.25) is 5.32 Å². The molecule has 0 radical (unpaired) electrons. The number of fused-ring (bicyclic) bond motifs is 1. The number of nitrogens with zero attached hydrogens (tertiary/aromatic N) is 1. The van der Waals surface area contributed by atoms with Gasteiger partial charge in [-0.2, -0.15) is 0 Å². The highest BCUT2D eigenvalue weighted by Crippen LogP contribution is 2.21. The highest BCUT2D eigenvalue weighted by molar-refractivity contribution is 5.84. The second-order valence-corrected chi connectivity index (χ2v) is 4.96. The highest BCUT2D eigenvalue weighted by atomic mass is 16.5. The number of para-hydroxylation sites is 1. The fraction of sp³-hybridized carbons (Fsp3) is 0.176. The van der Waals surface area contributed by atoms with Crippen molar-refractivity contribution in [3.8, 4) is 5.75 Å². The summed E-state index contributed by atoms with van der Waals surface area (Å²) >= 11 is 0. The van der Waals surface area contributed by atoms with Crippen LogP contribution in [0, 0.1) is 6.92 Å². The van der Waals surface area contributed by atoms with Crippen molar-refractivity contribution >= 4 is 22.9 Å². The quantitative estimate of drug-likeness (QED) is 0.791. The van der Waals surface area contributed by atoms with Crippen LogP contribution in [0.4, 0.5) is 10.5 Å². The Kier molecular flexibility index (Phi) is 4.14. The summed E-state index contributed by atoms with van der Waals surface area (Å²) in [4.78, 5) is 15.5. The van der Waals surface area contributed by atoms with Crippen molar-refractivity contribution in [3.63, 3.8) is 0 Å².